The summed E-state index contributed by atoms with van der Waals surface area (Å²) in [6.07, 6.45) is 2.12. The van der Waals surface area contributed by atoms with Crippen molar-refractivity contribution in [2.24, 2.45) is 0 Å². The molecule has 1 atom stereocenters. The Bertz CT molecular complexity index is 723. The highest BCUT2D eigenvalue weighted by Crippen LogP contribution is 2.16. The first-order valence-corrected chi connectivity index (χ1v) is 8.81. The van der Waals surface area contributed by atoms with E-state index in [0.717, 1.165) is 18.4 Å². The average molecular weight is 338 g/mol. The predicted molar refractivity (Wildman–Crippen MR) is 102 cm³/mol. The smallest absolute Gasteiger partial charge is 0.253 e. The Kier molecular flexibility index (Phi) is 6.75. The van der Waals surface area contributed by atoms with Crippen LogP contribution in [0.1, 0.15) is 48.7 Å². The van der Waals surface area contributed by atoms with Crippen molar-refractivity contribution >= 4 is 17.5 Å². The first-order chi connectivity index (χ1) is 12.0. The maximum absolute atomic E-state index is 12.4. The maximum atomic E-state index is 12.4. The van der Waals surface area contributed by atoms with E-state index >= 15 is 0 Å². The van der Waals surface area contributed by atoms with E-state index in [1.54, 1.807) is 18.2 Å². The first-order valence-electron chi connectivity index (χ1n) is 8.81. The van der Waals surface area contributed by atoms with E-state index in [-0.39, 0.29) is 24.3 Å². The standard InChI is InChI=1S/C21H26N2O2/c1-4-15(3)22-21(25)18-8-6-7-9-19(18)23-20(24)14-17-12-10-16(5-2)11-13-17/h6-13,15H,4-5,14H2,1-3H3,(H,22,25)(H,23,24)/t15-/m0/s1. The SMILES string of the molecule is CCc1ccc(CC(=O)Nc2ccccc2C(=O)N[C@@H](C)CC)cc1. The van der Waals surface area contributed by atoms with E-state index in [9.17, 15) is 9.59 Å². The summed E-state index contributed by atoms with van der Waals surface area (Å²) in [5.74, 6) is -0.300. The highest BCUT2D eigenvalue weighted by atomic mass is 16.2. The number of nitrogens with one attached hydrogen (secondary N) is 2. The second kappa shape index (κ2) is 9.02. The Morgan fingerprint density at radius 2 is 1.60 bits per heavy atom. The van der Waals surface area contributed by atoms with Crippen molar-refractivity contribution in [3.05, 3.63) is 65.2 Å². The molecule has 25 heavy (non-hydrogen) atoms. The third kappa shape index (κ3) is 5.45. The molecular weight excluding hydrogens is 312 g/mol. The molecule has 2 rings (SSSR count). The third-order valence-corrected chi connectivity index (χ3v) is 4.23. The predicted octanol–water partition coefficient (Wildman–Crippen LogP) is 3.96. The molecule has 0 aromatic heterocycles. The third-order valence-electron chi connectivity index (χ3n) is 4.23. The molecule has 4 heteroatoms. The number of benzene rings is 2. The maximum Gasteiger partial charge on any atom is 0.253 e. The van der Waals surface area contributed by atoms with Crippen molar-refractivity contribution < 1.29 is 9.59 Å². The minimum absolute atomic E-state index is 0.0911. The van der Waals surface area contributed by atoms with Gasteiger partial charge in [-0.05, 0) is 43.0 Å². The topological polar surface area (TPSA) is 58.2 Å². The van der Waals surface area contributed by atoms with Gasteiger partial charge >= 0.3 is 0 Å². The minimum Gasteiger partial charge on any atom is -0.350 e. The lowest BCUT2D eigenvalue weighted by molar-refractivity contribution is -0.115. The monoisotopic (exact) mass is 338 g/mol. The van der Waals surface area contributed by atoms with Crippen molar-refractivity contribution in [3.8, 4) is 0 Å². The zero-order valence-electron chi connectivity index (χ0n) is 15.1. The van der Waals surface area contributed by atoms with Crippen LogP contribution in [0, 0.1) is 0 Å². The molecule has 0 spiro atoms. The Hall–Kier alpha value is -2.62. The second-order valence-electron chi connectivity index (χ2n) is 6.22. The van der Waals surface area contributed by atoms with Gasteiger partial charge in [-0.3, -0.25) is 9.59 Å². The van der Waals surface area contributed by atoms with Gasteiger partial charge in [-0.1, -0.05) is 50.2 Å². The molecule has 0 saturated heterocycles. The average Bonchev–Trinajstić information content (AvgIpc) is 2.62. The van der Waals surface area contributed by atoms with Crippen molar-refractivity contribution in [3.63, 3.8) is 0 Å². The fraction of sp³-hybridized carbons (Fsp3) is 0.333. The lowest BCUT2D eigenvalue weighted by atomic mass is 10.1. The number of hydrogen-bond donors (Lipinski definition) is 2. The van der Waals surface area contributed by atoms with Gasteiger partial charge in [0.05, 0.1) is 17.7 Å². The van der Waals surface area contributed by atoms with Gasteiger partial charge in [-0.15, -0.1) is 0 Å². The molecule has 0 aliphatic carbocycles. The van der Waals surface area contributed by atoms with E-state index < -0.39 is 0 Å². The van der Waals surface area contributed by atoms with Crippen LogP contribution in [0.25, 0.3) is 0 Å². The second-order valence-corrected chi connectivity index (χ2v) is 6.22. The van der Waals surface area contributed by atoms with Gasteiger partial charge < -0.3 is 10.6 Å². The fourth-order valence-electron chi connectivity index (χ4n) is 2.47. The van der Waals surface area contributed by atoms with Gasteiger partial charge in [0.1, 0.15) is 0 Å². The van der Waals surface area contributed by atoms with Crippen LogP contribution in [0.15, 0.2) is 48.5 Å². The quantitative estimate of drug-likeness (QED) is 0.803. The molecule has 132 valence electrons. The van der Waals surface area contributed by atoms with E-state index in [1.807, 2.05) is 44.2 Å². The molecule has 2 N–H and O–H groups in total. The van der Waals surface area contributed by atoms with Gasteiger partial charge in [-0.2, -0.15) is 0 Å². The number of carbonyl (C=O) groups is 2. The Labute approximate surface area is 149 Å². The van der Waals surface area contributed by atoms with E-state index in [4.69, 9.17) is 0 Å². The van der Waals surface area contributed by atoms with E-state index in [2.05, 4.69) is 17.6 Å². The fourth-order valence-corrected chi connectivity index (χ4v) is 2.47. The molecule has 4 nitrogen and oxygen atoms in total. The number of aryl methyl sites for hydroxylation is 1. The molecule has 0 fully saturated rings. The zero-order valence-corrected chi connectivity index (χ0v) is 15.1. The van der Waals surface area contributed by atoms with E-state index in [1.165, 1.54) is 5.56 Å². The summed E-state index contributed by atoms with van der Waals surface area (Å²) < 4.78 is 0. The molecule has 0 bridgehead atoms. The first kappa shape index (κ1) is 18.7. The number of rotatable bonds is 7. The van der Waals surface area contributed by atoms with Crippen molar-refractivity contribution in [1.82, 2.24) is 5.32 Å². The number of para-hydroxylation sites is 1. The van der Waals surface area contributed by atoms with Crippen LogP contribution >= 0.6 is 0 Å². The molecular formula is C21H26N2O2. The van der Waals surface area contributed by atoms with Crippen LogP contribution < -0.4 is 10.6 Å². The van der Waals surface area contributed by atoms with Gasteiger partial charge in [0.15, 0.2) is 0 Å². The Morgan fingerprint density at radius 3 is 2.24 bits per heavy atom. The highest BCUT2D eigenvalue weighted by molar-refractivity contribution is 6.04. The molecule has 0 saturated carbocycles. The summed E-state index contributed by atoms with van der Waals surface area (Å²) in [7, 11) is 0. The summed E-state index contributed by atoms with van der Waals surface area (Å²) in [6.45, 7) is 6.07. The van der Waals surface area contributed by atoms with Crippen LogP contribution in [-0.4, -0.2) is 17.9 Å². The molecule has 0 aliphatic heterocycles. The lowest BCUT2D eigenvalue weighted by Gasteiger charge is -2.14. The number of anilines is 1. The molecule has 0 heterocycles. The van der Waals surface area contributed by atoms with Gasteiger partial charge in [0.2, 0.25) is 5.91 Å². The molecule has 2 aromatic carbocycles. The van der Waals surface area contributed by atoms with Crippen molar-refractivity contribution in [1.29, 1.82) is 0 Å². The summed E-state index contributed by atoms with van der Waals surface area (Å²) >= 11 is 0. The summed E-state index contributed by atoms with van der Waals surface area (Å²) in [5, 5.41) is 5.79. The van der Waals surface area contributed by atoms with Gasteiger partial charge in [-0.25, -0.2) is 0 Å². The van der Waals surface area contributed by atoms with Crippen molar-refractivity contribution in [2.75, 3.05) is 5.32 Å². The lowest BCUT2D eigenvalue weighted by Crippen LogP contribution is -2.32. The van der Waals surface area contributed by atoms with Crippen molar-refractivity contribution in [2.45, 2.75) is 46.1 Å². The minimum atomic E-state index is -0.169. The molecule has 0 radical (unpaired) electrons. The number of amides is 2. The number of hydrogen-bond acceptors (Lipinski definition) is 2. The van der Waals surface area contributed by atoms with Crippen LogP contribution in [0.2, 0.25) is 0 Å². The largest absolute Gasteiger partial charge is 0.350 e. The highest BCUT2D eigenvalue weighted by Gasteiger charge is 2.14. The zero-order chi connectivity index (χ0) is 18.2. The van der Waals surface area contributed by atoms with Gasteiger partial charge in [0.25, 0.3) is 5.91 Å². The molecule has 0 aliphatic rings. The summed E-state index contributed by atoms with van der Waals surface area (Å²) in [4.78, 5) is 24.7. The van der Waals surface area contributed by atoms with Crippen LogP contribution in [0.3, 0.4) is 0 Å². The Morgan fingerprint density at radius 1 is 0.960 bits per heavy atom. The van der Waals surface area contributed by atoms with Crippen LogP contribution in [-0.2, 0) is 17.6 Å². The number of carbonyl (C=O) groups excluding carboxylic acids is 2. The molecule has 0 unspecified atom stereocenters. The Balaban J connectivity index is 2.06. The van der Waals surface area contributed by atoms with E-state index in [0.29, 0.717) is 11.3 Å². The van der Waals surface area contributed by atoms with Crippen LogP contribution in [0.5, 0.6) is 0 Å². The molecule has 2 amide bonds. The normalized spacial score (nSPS) is 11.6. The van der Waals surface area contributed by atoms with Gasteiger partial charge in [0, 0.05) is 6.04 Å². The van der Waals surface area contributed by atoms with Crippen LogP contribution in [0.4, 0.5) is 5.69 Å². The molecule has 2 aromatic rings. The summed E-state index contributed by atoms with van der Waals surface area (Å²) in [6, 6.07) is 15.2. The summed E-state index contributed by atoms with van der Waals surface area (Å²) in [5.41, 5.74) is 3.23.